The van der Waals surface area contributed by atoms with Crippen LogP contribution in [-0.2, 0) is 16.4 Å². The zero-order valence-electron chi connectivity index (χ0n) is 16.3. The fraction of sp³-hybridized carbons (Fsp3) is 0.174. The Bertz CT molecular complexity index is 1170. The van der Waals surface area contributed by atoms with Gasteiger partial charge in [-0.05, 0) is 79.4 Å². The summed E-state index contributed by atoms with van der Waals surface area (Å²) >= 11 is 0. The van der Waals surface area contributed by atoms with Crippen LogP contribution in [0.15, 0.2) is 71.6 Å². The SMILES string of the molecule is Cc1cc(C)cc(NS(=O)(=O)c2ccc3c(c2)CCN3C(=O)c2ccccc2)c1. The van der Waals surface area contributed by atoms with Crippen molar-refractivity contribution in [2.75, 3.05) is 16.2 Å². The molecule has 0 saturated heterocycles. The molecule has 1 amide bonds. The number of amides is 1. The monoisotopic (exact) mass is 406 g/mol. The first-order valence-corrected chi connectivity index (χ1v) is 10.9. The molecule has 0 radical (unpaired) electrons. The number of aryl methyl sites for hydroxylation is 2. The molecule has 0 spiro atoms. The lowest BCUT2D eigenvalue weighted by atomic mass is 10.1. The largest absolute Gasteiger partial charge is 0.308 e. The zero-order valence-corrected chi connectivity index (χ0v) is 17.2. The van der Waals surface area contributed by atoms with Crippen LogP contribution in [0.5, 0.6) is 0 Å². The number of hydrogen-bond donors (Lipinski definition) is 1. The molecule has 0 aromatic heterocycles. The van der Waals surface area contributed by atoms with Crippen molar-refractivity contribution in [3.05, 3.63) is 89.0 Å². The average molecular weight is 407 g/mol. The Kier molecular flexibility index (Phi) is 4.88. The number of benzene rings is 3. The van der Waals surface area contributed by atoms with Gasteiger partial charge in [-0.15, -0.1) is 0 Å². The minimum Gasteiger partial charge on any atom is -0.308 e. The van der Waals surface area contributed by atoms with E-state index in [0.717, 1.165) is 22.4 Å². The number of carbonyl (C=O) groups excluding carboxylic acids is 1. The third-order valence-corrected chi connectivity index (χ3v) is 6.38. The molecule has 1 aliphatic heterocycles. The summed E-state index contributed by atoms with van der Waals surface area (Å²) in [6.07, 6.45) is 0.626. The highest BCUT2D eigenvalue weighted by molar-refractivity contribution is 7.92. The van der Waals surface area contributed by atoms with E-state index in [1.165, 1.54) is 0 Å². The highest BCUT2D eigenvalue weighted by atomic mass is 32.2. The van der Waals surface area contributed by atoms with Crippen molar-refractivity contribution >= 4 is 27.3 Å². The molecule has 0 aliphatic carbocycles. The first-order valence-electron chi connectivity index (χ1n) is 9.44. The molecule has 0 saturated carbocycles. The Morgan fingerprint density at radius 1 is 0.931 bits per heavy atom. The Morgan fingerprint density at radius 3 is 2.31 bits per heavy atom. The minimum atomic E-state index is -3.71. The number of carbonyl (C=O) groups is 1. The van der Waals surface area contributed by atoms with Crippen LogP contribution < -0.4 is 9.62 Å². The summed E-state index contributed by atoms with van der Waals surface area (Å²) in [7, 11) is -3.71. The maximum absolute atomic E-state index is 12.9. The number of fused-ring (bicyclic) bond motifs is 1. The molecule has 4 rings (SSSR count). The van der Waals surface area contributed by atoms with E-state index >= 15 is 0 Å². The van der Waals surface area contributed by atoms with Crippen LogP contribution in [0.25, 0.3) is 0 Å². The molecule has 0 atom stereocenters. The van der Waals surface area contributed by atoms with Gasteiger partial charge < -0.3 is 4.90 Å². The third kappa shape index (κ3) is 3.89. The Balaban J connectivity index is 1.61. The van der Waals surface area contributed by atoms with Crippen molar-refractivity contribution in [2.45, 2.75) is 25.2 Å². The van der Waals surface area contributed by atoms with Gasteiger partial charge in [-0.3, -0.25) is 9.52 Å². The maximum Gasteiger partial charge on any atom is 0.261 e. The van der Waals surface area contributed by atoms with Gasteiger partial charge in [-0.1, -0.05) is 24.3 Å². The summed E-state index contributed by atoms with van der Waals surface area (Å²) in [6, 6.07) is 19.6. The van der Waals surface area contributed by atoms with Crippen LogP contribution in [0, 0.1) is 13.8 Å². The molecule has 0 bridgehead atoms. The third-order valence-electron chi connectivity index (χ3n) is 5.00. The number of anilines is 2. The van der Waals surface area contributed by atoms with Crippen LogP contribution in [-0.4, -0.2) is 20.9 Å². The zero-order chi connectivity index (χ0) is 20.6. The first kappa shape index (κ1) is 19.2. The van der Waals surface area contributed by atoms with Crippen molar-refractivity contribution in [2.24, 2.45) is 0 Å². The number of hydrogen-bond acceptors (Lipinski definition) is 3. The molecule has 1 N–H and O–H groups in total. The quantitative estimate of drug-likeness (QED) is 0.702. The fourth-order valence-electron chi connectivity index (χ4n) is 3.74. The van der Waals surface area contributed by atoms with Gasteiger partial charge in [0.05, 0.1) is 4.90 Å². The standard InChI is InChI=1S/C23H22N2O3S/c1-16-12-17(2)14-20(13-16)24-29(27,28)21-8-9-22-19(15-21)10-11-25(22)23(26)18-6-4-3-5-7-18/h3-9,12-15,24H,10-11H2,1-2H3. The lowest BCUT2D eigenvalue weighted by Gasteiger charge is -2.18. The molecule has 1 heterocycles. The summed E-state index contributed by atoms with van der Waals surface area (Å²) in [5.74, 6) is -0.0756. The fourth-order valence-corrected chi connectivity index (χ4v) is 4.83. The van der Waals surface area contributed by atoms with Crippen molar-refractivity contribution in [1.82, 2.24) is 0 Å². The summed E-state index contributed by atoms with van der Waals surface area (Å²) in [5, 5.41) is 0. The maximum atomic E-state index is 12.9. The van der Waals surface area contributed by atoms with Gasteiger partial charge in [0.15, 0.2) is 0 Å². The van der Waals surface area contributed by atoms with Crippen LogP contribution in [0.1, 0.15) is 27.0 Å². The summed E-state index contributed by atoms with van der Waals surface area (Å²) in [4.78, 5) is 14.7. The van der Waals surface area contributed by atoms with Gasteiger partial charge in [0, 0.05) is 23.5 Å². The van der Waals surface area contributed by atoms with Crippen LogP contribution in [0.2, 0.25) is 0 Å². The van der Waals surface area contributed by atoms with E-state index in [2.05, 4.69) is 4.72 Å². The van der Waals surface area contributed by atoms with Gasteiger partial charge in [0.25, 0.3) is 15.9 Å². The summed E-state index contributed by atoms with van der Waals surface area (Å²) < 4.78 is 28.4. The molecule has 3 aromatic rings. The number of sulfonamides is 1. The highest BCUT2D eigenvalue weighted by Gasteiger charge is 2.27. The molecule has 1 aliphatic rings. The second-order valence-corrected chi connectivity index (χ2v) is 9.03. The summed E-state index contributed by atoms with van der Waals surface area (Å²) in [5.41, 5.74) is 4.78. The Morgan fingerprint density at radius 2 is 1.62 bits per heavy atom. The van der Waals surface area contributed by atoms with Crippen molar-refractivity contribution < 1.29 is 13.2 Å². The van der Waals surface area contributed by atoms with E-state index in [4.69, 9.17) is 0 Å². The van der Waals surface area contributed by atoms with Gasteiger partial charge in [0.2, 0.25) is 0 Å². The number of nitrogens with one attached hydrogen (secondary N) is 1. The minimum absolute atomic E-state index is 0.0756. The normalized spacial score (nSPS) is 13.2. The van der Waals surface area contributed by atoms with Gasteiger partial charge >= 0.3 is 0 Å². The van der Waals surface area contributed by atoms with Gasteiger partial charge in [0.1, 0.15) is 0 Å². The lowest BCUT2D eigenvalue weighted by molar-refractivity contribution is 0.0989. The van der Waals surface area contributed by atoms with Crippen LogP contribution in [0.4, 0.5) is 11.4 Å². The predicted octanol–water partition coefficient (Wildman–Crippen LogP) is 4.31. The molecular formula is C23H22N2O3S. The Labute approximate surface area is 171 Å². The molecule has 6 heteroatoms. The summed E-state index contributed by atoms with van der Waals surface area (Å²) in [6.45, 7) is 4.40. The van der Waals surface area contributed by atoms with Crippen molar-refractivity contribution in [3.63, 3.8) is 0 Å². The van der Waals surface area contributed by atoms with Crippen molar-refractivity contribution in [1.29, 1.82) is 0 Å². The van der Waals surface area contributed by atoms with E-state index in [1.54, 1.807) is 47.4 Å². The van der Waals surface area contributed by atoms with E-state index in [9.17, 15) is 13.2 Å². The molecule has 148 valence electrons. The molecule has 5 nitrogen and oxygen atoms in total. The molecule has 3 aromatic carbocycles. The molecular weight excluding hydrogens is 384 g/mol. The van der Waals surface area contributed by atoms with E-state index in [1.807, 2.05) is 38.1 Å². The smallest absolute Gasteiger partial charge is 0.261 e. The highest BCUT2D eigenvalue weighted by Crippen LogP contribution is 2.32. The van der Waals surface area contributed by atoms with E-state index < -0.39 is 10.0 Å². The lowest BCUT2D eigenvalue weighted by Crippen LogP contribution is -2.28. The molecule has 0 fully saturated rings. The van der Waals surface area contributed by atoms with Crippen LogP contribution >= 0.6 is 0 Å². The first-order chi connectivity index (χ1) is 13.8. The van der Waals surface area contributed by atoms with E-state index in [0.29, 0.717) is 24.2 Å². The van der Waals surface area contributed by atoms with Gasteiger partial charge in [-0.2, -0.15) is 0 Å². The average Bonchev–Trinajstić information content (AvgIpc) is 3.10. The number of rotatable bonds is 4. The second-order valence-electron chi connectivity index (χ2n) is 7.35. The number of nitrogens with zero attached hydrogens (tertiary/aromatic N) is 1. The van der Waals surface area contributed by atoms with Gasteiger partial charge in [-0.25, -0.2) is 8.42 Å². The van der Waals surface area contributed by atoms with Crippen molar-refractivity contribution in [3.8, 4) is 0 Å². The Hall–Kier alpha value is -3.12. The van der Waals surface area contributed by atoms with E-state index in [-0.39, 0.29) is 10.8 Å². The topological polar surface area (TPSA) is 66.5 Å². The van der Waals surface area contributed by atoms with Crippen LogP contribution in [0.3, 0.4) is 0 Å². The second kappa shape index (κ2) is 7.37. The predicted molar refractivity (Wildman–Crippen MR) is 115 cm³/mol. The molecule has 0 unspecified atom stereocenters. The molecule has 29 heavy (non-hydrogen) atoms.